The van der Waals surface area contributed by atoms with E-state index in [0.717, 1.165) is 64.0 Å². The number of carbonyl (C=O) groups excluding carboxylic acids is 1. The molecule has 1 fully saturated rings. The number of nitrogens with one attached hydrogen (secondary N) is 1. The molecule has 8 heteroatoms. The SMILES string of the molecule is Cc1nc2cc(OC[C@H](O)CN3CCN(CC(=O)Nc4ccc(-c5ccccc5)cc4)CC3)ccc2s1. The van der Waals surface area contributed by atoms with Crippen LogP contribution in [0, 0.1) is 6.92 Å². The highest BCUT2D eigenvalue weighted by atomic mass is 32.1. The Balaban J connectivity index is 1.01. The second-order valence-corrected chi connectivity index (χ2v) is 10.6. The Labute approximate surface area is 221 Å². The summed E-state index contributed by atoms with van der Waals surface area (Å²) in [7, 11) is 0. The number of carbonyl (C=O) groups is 1. The normalized spacial score (nSPS) is 15.5. The van der Waals surface area contributed by atoms with E-state index in [2.05, 4.69) is 32.2 Å². The molecule has 0 spiro atoms. The predicted molar refractivity (Wildman–Crippen MR) is 149 cm³/mol. The maximum absolute atomic E-state index is 12.6. The summed E-state index contributed by atoms with van der Waals surface area (Å²) in [6.07, 6.45) is -0.582. The Bertz CT molecular complexity index is 1320. The lowest BCUT2D eigenvalue weighted by atomic mass is 10.1. The summed E-state index contributed by atoms with van der Waals surface area (Å²) in [5, 5.41) is 14.5. The zero-order chi connectivity index (χ0) is 25.6. The van der Waals surface area contributed by atoms with Crippen molar-refractivity contribution in [2.45, 2.75) is 13.0 Å². The number of thiazole rings is 1. The van der Waals surface area contributed by atoms with Crippen molar-refractivity contribution in [2.24, 2.45) is 0 Å². The fourth-order valence-electron chi connectivity index (χ4n) is 4.57. The van der Waals surface area contributed by atoms with Gasteiger partial charge < -0.3 is 15.2 Å². The number of anilines is 1. The molecule has 1 saturated heterocycles. The van der Waals surface area contributed by atoms with Crippen LogP contribution in [0.15, 0.2) is 72.8 Å². The molecule has 4 aromatic rings. The van der Waals surface area contributed by atoms with Gasteiger partial charge in [0.25, 0.3) is 0 Å². The smallest absolute Gasteiger partial charge is 0.238 e. The molecule has 1 aliphatic rings. The third-order valence-corrected chi connectivity index (χ3v) is 7.44. The van der Waals surface area contributed by atoms with Gasteiger partial charge in [-0.25, -0.2) is 4.98 Å². The van der Waals surface area contributed by atoms with E-state index in [1.165, 1.54) is 0 Å². The Kier molecular flexibility index (Phi) is 8.11. The summed E-state index contributed by atoms with van der Waals surface area (Å²) in [5.74, 6) is 0.712. The Morgan fingerprint density at radius 3 is 2.46 bits per heavy atom. The van der Waals surface area contributed by atoms with Gasteiger partial charge in [0.2, 0.25) is 5.91 Å². The Hall–Kier alpha value is -3.30. The number of aryl methyl sites for hydroxylation is 1. The van der Waals surface area contributed by atoms with E-state index in [-0.39, 0.29) is 12.5 Å². The quantitative estimate of drug-likeness (QED) is 0.346. The van der Waals surface area contributed by atoms with Crippen molar-refractivity contribution in [1.82, 2.24) is 14.8 Å². The molecule has 1 atom stereocenters. The van der Waals surface area contributed by atoms with E-state index in [0.29, 0.717) is 13.1 Å². The summed E-state index contributed by atoms with van der Waals surface area (Å²) in [4.78, 5) is 21.4. The topological polar surface area (TPSA) is 77.9 Å². The summed E-state index contributed by atoms with van der Waals surface area (Å²) < 4.78 is 6.95. The van der Waals surface area contributed by atoms with Crippen molar-refractivity contribution in [2.75, 3.05) is 51.2 Å². The third kappa shape index (κ3) is 6.93. The molecule has 0 radical (unpaired) electrons. The number of amides is 1. The molecule has 0 bridgehead atoms. The van der Waals surface area contributed by atoms with Crippen LogP contribution in [0.5, 0.6) is 5.75 Å². The van der Waals surface area contributed by atoms with Crippen LogP contribution in [0.25, 0.3) is 21.3 Å². The van der Waals surface area contributed by atoms with Gasteiger partial charge >= 0.3 is 0 Å². The van der Waals surface area contributed by atoms with Crippen LogP contribution < -0.4 is 10.1 Å². The first-order valence-corrected chi connectivity index (χ1v) is 13.4. The number of aromatic nitrogens is 1. The van der Waals surface area contributed by atoms with Crippen molar-refractivity contribution in [3.8, 4) is 16.9 Å². The number of aliphatic hydroxyl groups excluding tert-OH is 1. The molecule has 5 rings (SSSR count). The van der Waals surface area contributed by atoms with Gasteiger partial charge in [-0.3, -0.25) is 14.6 Å². The first-order chi connectivity index (χ1) is 18.0. The van der Waals surface area contributed by atoms with Crippen LogP contribution in [-0.2, 0) is 4.79 Å². The molecule has 7 nitrogen and oxygen atoms in total. The molecular weight excluding hydrogens is 484 g/mol. The number of hydrogen-bond donors (Lipinski definition) is 2. The van der Waals surface area contributed by atoms with Crippen molar-refractivity contribution in [3.05, 3.63) is 77.8 Å². The number of β-amino-alcohol motifs (C(OH)–C–C–N with tert-alkyl or cyclic N) is 1. The van der Waals surface area contributed by atoms with Gasteiger partial charge in [-0.05, 0) is 42.3 Å². The molecule has 0 unspecified atom stereocenters. The molecule has 0 saturated carbocycles. The van der Waals surface area contributed by atoms with Crippen LogP contribution >= 0.6 is 11.3 Å². The minimum absolute atomic E-state index is 0.0124. The zero-order valence-electron chi connectivity index (χ0n) is 21.0. The number of ether oxygens (including phenoxy) is 1. The maximum atomic E-state index is 12.6. The van der Waals surface area contributed by atoms with E-state index < -0.39 is 6.10 Å². The molecule has 3 aromatic carbocycles. The average Bonchev–Trinajstić information content (AvgIpc) is 3.29. The van der Waals surface area contributed by atoms with E-state index >= 15 is 0 Å². The molecule has 1 aromatic heterocycles. The second kappa shape index (κ2) is 11.8. The number of rotatable bonds is 9. The standard InChI is InChI=1S/C29H32N4O3S/c1-21-30-27-17-26(11-12-28(27)37-21)36-20-25(34)18-32-13-15-33(16-14-32)19-29(35)31-24-9-7-23(8-10-24)22-5-3-2-4-6-22/h2-12,17,25,34H,13-16,18-20H2,1H3,(H,31,35)/t25-/m1/s1. The van der Waals surface area contributed by atoms with Crippen LogP contribution in [0.1, 0.15) is 5.01 Å². The van der Waals surface area contributed by atoms with Gasteiger partial charge in [0.05, 0.1) is 21.8 Å². The van der Waals surface area contributed by atoms with Gasteiger partial charge in [-0.15, -0.1) is 11.3 Å². The minimum Gasteiger partial charge on any atom is -0.491 e. The van der Waals surface area contributed by atoms with Crippen LogP contribution in [0.3, 0.4) is 0 Å². The first-order valence-electron chi connectivity index (χ1n) is 12.6. The molecule has 2 heterocycles. The van der Waals surface area contributed by atoms with Crippen LogP contribution in [0.4, 0.5) is 5.69 Å². The summed E-state index contributed by atoms with van der Waals surface area (Å²) in [6, 6.07) is 24.0. The predicted octanol–water partition coefficient (Wildman–Crippen LogP) is 4.27. The van der Waals surface area contributed by atoms with Crippen LogP contribution in [-0.4, -0.2) is 77.8 Å². The molecule has 0 aliphatic carbocycles. The summed E-state index contributed by atoms with van der Waals surface area (Å²) in [6.45, 7) is 6.32. The number of aliphatic hydroxyl groups is 1. The monoisotopic (exact) mass is 516 g/mol. The van der Waals surface area contributed by atoms with Crippen molar-refractivity contribution in [1.29, 1.82) is 0 Å². The summed E-state index contributed by atoms with van der Waals surface area (Å²) >= 11 is 1.66. The Morgan fingerprint density at radius 1 is 1.00 bits per heavy atom. The van der Waals surface area contributed by atoms with E-state index in [1.54, 1.807) is 11.3 Å². The highest BCUT2D eigenvalue weighted by molar-refractivity contribution is 7.18. The lowest BCUT2D eigenvalue weighted by Crippen LogP contribution is -2.50. The third-order valence-electron chi connectivity index (χ3n) is 6.49. The van der Waals surface area contributed by atoms with Crippen molar-refractivity contribution in [3.63, 3.8) is 0 Å². The number of piperazine rings is 1. The molecule has 37 heavy (non-hydrogen) atoms. The van der Waals surface area contributed by atoms with Gasteiger partial charge in [-0.1, -0.05) is 42.5 Å². The fraction of sp³-hybridized carbons (Fsp3) is 0.310. The lowest BCUT2D eigenvalue weighted by Gasteiger charge is -2.35. The highest BCUT2D eigenvalue weighted by Gasteiger charge is 2.21. The lowest BCUT2D eigenvalue weighted by molar-refractivity contribution is -0.117. The largest absolute Gasteiger partial charge is 0.491 e. The van der Waals surface area contributed by atoms with Gasteiger partial charge in [0.1, 0.15) is 18.5 Å². The van der Waals surface area contributed by atoms with E-state index in [4.69, 9.17) is 4.74 Å². The van der Waals surface area contributed by atoms with Gasteiger partial charge in [0.15, 0.2) is 0 Å². The van der Waals surface area contributed by atoms with E-state index in [9.17, 15) is 9.90 Å². The molecule has 1 amide bonds. The summed E-state index contributed by atoms with van der Waals surface area (Å²) in [5.41, 5.74) is 4.01. The van der Waals surface area contributed by atoms with Gasteiger partial charge in [0, 0.05) is 44.5 Å². The molecule has 192 valence electrons. The van der Waals surface area contributed by atoms with Crippen LogP contribution in [0.2, 0.25) is 0 Å². The fourth-order valence-corrected chi connectivity index (χ4v) is 5.37. The molecular formula is C29H32N4O3S. The molecule has 1 aliphatic heterocycles. The van der Waals surface area contributed by atoms with Crippen molar-refractivity contribution >= 4 is 33.1 Å². The zero-order valence-corrected chi connectivity index (χ0v) is 21.8. The minimum atomic E-state index is -0.582. The number of fused-ring (bicyclic) bond motifs is 1. The maximum Gasteiger partial charge on any atom is 0.238 e. The number of benzene rings is 3. The van der Waals surface area contributed by atoms with Gasteiger partial charge in [-0.2, -0.15) is 0 Å². The number of hydrogen-bond acceptors (Lipinski definition) is 7. The first kappa shape index (κ1) is 25.4. The number of nitrogens with zero attached hydrogens (tertiary/aromatic N) is 3. The second-order valence-electron chi connectivity index (χ2n) is 9.40. The van der Waals surface area contributed by atoms with E-state index in [1.807, 2.05) is 67.6 Å². The van der Waals surface area contributed by atoms with Crippen molar-refractivity contribution < 1.29 is 14.6 Å². The highest BCUT2D eigenvalue weighted by Crippen LogP contribution is 2.25. The Morgan fingerprint density at radius 2 is 1.70 bits per heavy atom. The molecule has 2 N–H and O–H groups in total. The average molecular weight is 517 g/mol.